The smallest absolute Gasteiger partial charge is 0.231 e. The van der Waals surface area contributed by atoms with Crippen LogP contribution in [0.2, 0.25) is 0 Å². The van der Waals surface area contributed by atoms with Crippen LogP contribution in [-0.2, 0) is 6.54 Å². The summed E-state index contributed by atoms with van der Waals surface area (Å²) in [5, 5.41) is 6.83. The second-order valence-electron chi connectivity index (χ2n) is 6.93. The molecule has 2 aromatic carbocycles. The molecule has 28 heavy (non-hydrogen) atoms. The maximum atomic E-state index is 5.43. The highest BCUT2D eigenvalue weighted by Gasteiger charge is 2.22. The van der Waals surface area contributed by atoms with Crippen LogP contribution in [0.5, 0.6) is 11.5 Å². The Morgan fingerprint density at radius 3 is 2.75 bits per heavy atom. The molecule has 0 bridgehead atoms. The second kappa shape index (κ2) is 9.86. The Kier molecular flexibility index (Phi) is 7.24. The summed E-state index contributed by atoms with van der Waals surface area (Å²) in [6, 6.07) is 16.6. The molecule has 1 fully saturated rings. The van der Waals surface area contributed by atoms with Crippen molar-refractivity contribution in [3.63, 3.8) is 0 Å². The number of hydrogen-bond donors (Lipinski definition) is 2. The number of nitrogens with one attached hydrogen (secondary N) is 2. The molecule has 2 N–H and O–H groups in total. The van der Waals surface area contributed by atoms with Crippen LogP contribution in [0.3, 0.4) is 0 Å². The number of para-hydroxylation sites is 1. The Labute approximate surface area is 183 Å². The van der Waals surface area contributed by atoms with Crippen LogP contribution in [-0.4, -0.2) is 39.4 Å². The second-order valence-corrected chi connectivity index (χ2v) is 6.93. The lowest BCUT2D eigenvalue weighted by Gasteiger charge is -2.19. The summed E-state index contributed by atoms with van der Waals surface area (Å²) in [7, 11) is 1.81. The van der Waals surface area contributed by atoms with Crippen molar-refractivity contribution >= 4 is 35.6 Å². The fraction of sp³-hybridized carbons (Fsp3) is 0.381. The van der Waals surface area contributed by atoms with Crippen molar-refractivity contribution in [2.75, 3.05) is 38.4 Å². The minimum absolute atomic E-state index is 0. The summed E-state index contributed by atoms with van der Waals surface area (Å²) in [6.45, 7) is 4.11. The largest absolute Gasteiger partial charge is 0.454 e. The number of benzene rings is 2. The minimum Gasteiger partial charge on any atom is -0.454 e. The van der Waals surface area contributed by atoms with Crippen molar-refractivity contribution in [1.29, 1.82) is 0 Å². The van der Waals surface area contributed by atoms with Gasteiger partial charge in [-0.1, -0.05) is 24.3 Å². The van der Waals surface area contributed by atoms with Gasteiger partial charge in [0, 0.05) is 38.9 Å². The van der Waals surface area contributed by atoms with E-state index >= 15 is 0 Å². The van der Waals surface area contributed by atoms with E-state index in [-0.39, 0.29) is 24.0 Å². The van der Waals surface area contributed by atoms with Crippen LogP contribution in [0.4, 0.5) is 5.69 Å². The Morgan fingerprint density at radius 1 is 1.11 bits per heavy atom. The van der Waals surface area contributed by atoms with Gasteiger partial charge in [-0.15, -0.1) is 24.0 Å². The van der Waals surface area contributed by atoms with Gasteiger partial charge in [0.2, 0.25) is 6.79 Å². The monoisotopic (exact) mass is 494 g/mol. The molecule has 0 saturated carbocycles. The van der Waals surface area contributed by atoms with Gasteiger partial charge in [0.25, 0.3) is 0 Å². The average Bonchev–Trinajstić information content (AvgIpc) is 3.38. The maximum absolute atomic E-state index is 5.43. The molecule has 6 nitrogen and oxygen atoms in total. The molecule has 150 valence electrons. The van der Waals surface area contributed by atoms with E-state index in [0.29, 0.717) is 19.3 Å². The van der Waals surface area contributed by atoms with E-state index in [1.54, 1.807) is 7.05 Å². The van der Waals surface area contributed by atoms with E-state index in [9.17, 15) is 0 Å². The first kappa shape index (κ1) is 20.6. The fourth-order valence-corrected chi connectivity index (χ4v) is 3.57. The van der Waals surface area contributed by atoms with Gasteiger partial charge in [-0.25, -0.2) is 0 Å². The number of anilines is 1. The molecule has 0 aromatic heterocycles. The molecule has 0 radical (unpaired) electrons. The topological polar surface area (TPSA) is 58.1 Å². The van der Waals surface area contributed by atoms with Gasteiger partial charge in [0.15, 0.2) is 17.5 Å². The van der Waals surface area contributed by atoms with Crippen molar-refractivity contribution < 1.29 is 9.47 Å². The summed E-state index contributed by atoms with van der Waals surface area (Å²) >= 11 is 0. The normalized spacial score (nSPS) is 18.0. The molecule has 7 heteroatoms. The van der Waals surface area contributed by atoms with Crippen molar-refractivity contribution in [1.82, 2.24) is 10.6 Å². The van der Waals surface area contributed by atoms with Gasteiger partial charge in [-0.2, -0.15) is 0 Å². The Morgan fingerprint density at radius 2 is 1.93 bits per heavy atom. The first-order valence-corrected chi connectivity index (χ1v) is 9.45. The molecule has 2 aliphatic rings. The van der Waals surface area contributed by atoms with E-state index in [1.165, 1.54) is 12.1 Å². The van der Waals surface area contributed by atoms with E-state index in [2.05, 4.69) is 50.9 Å². The predicted molar refractivity (Wildman–Crippen MR) is 123 cm³/mol. The molecule has 0 spiro atoms. The number of fused-ring (bicyclic) bond motifs is 1. The number of hydrogen-bond acceptors (Lipinski definition) is 4. The Hall–Kier alpha value is -2.16. The van der Waals surface area contributed by atoms with Gasteiger partial charge >= 0.3 is 0 Å². The molecular formula is C21H27IN4O2. The number of ether oxygens (including phenoxy) is 2. The maximum Gasteiger partial charge on any atom is 0.231 e. The highest BCUT2D eigenvalue weighted by Crippen LogP contribution is 2.32. The molecular weight excluding hydrogens is 467 g/mol. The molecule has 4 rings (SSSR count). The number of rotatable bonds is 5. The third-order valence-electron chi connectivity index (χ3n) is 5.09. The summed E-state index contributed by atoms with van der Waals surface area (Å²) in [5.74, 6) is 3.06. The number of nitrogens with zero attached hydrogens (tertiary/aromatic N) is 2. The van der Waals surface area contributed by atoms with Gasteiger partial charge in [0.05, 0.1) is 0 Å². The lowest BCUT2D eigenvalue weighted by atomic mass is 10.1. The summed E-state index contributed by atoms with van der Waals surface area (Å²) in [6.07, 6.45) is 1.20. The zero-order valence-corrected chi connectivity index (χ0v) is 18.4. The quantitative estimate of drug-likeness (QED) is 0.380. The van der Waals surface area contributed by atoms with Crippen LogP contribution in [0.25, 0.3) is 0 Å². The highest BCUT2D eigenvalue weighted by molar-refractivity contribution is 14.0. The molecule has 1 atom stereocenters. The van der Waals surface area contributed by atoms with Crippen molar-refractivity contribution in [2.24, 2.45) is 10.9 Å². The van der Waals surface area contributed by atoms with Crippen LogP contribution in [0.1, 0.15) is 12.0 Å². The van der Waals surface area contributed by atoms with E-state index in [1.807, 2.05) is 18.2 Å². The molecule has 1 unspecified atom stereocenters. The lowest BCUT2D eigenvalue weighted by molar-refractivity contribution is 0.174. The average molecular weight is 494 g/mol. The summed E-state index contributed by atoms with van der Waals surface area (Å²) in [5.41, 5.74) is 2.45. The molecule has 1 saturated heterocycles. The van der Waals surface area contributed by atoms with Gasteiger partial charge in [0.1, 0.15) is 0 Å². The first-order chi connectivity index (χ1) is 13.3. The minimum atomic E-state index is 0. The number of aliphatic imine (C=N–C) groups is 1. The van der Waals surface area contributed by atoms with E-state index in [4.69, 9.17) is 9.47 Å². The molecule has 0 aliphatic carbocycles. The highest BCUT2D eigenvalue weighted by atomic mass is 127. The van der Waals surface area contributed by atoms with Crippen molar-refractivity contribution in [3.05, 3.63) is 54.1 Å². The first-order valence-electron chi connectivity index (χ1n) is 9.45. The van der Waals surface area contributed by atoms with E-state index < -0.39 is 0 Å². The number of halogens is 1. The third kappa shape index (κ3) is 5.01. The molecule has 2 aromatic rings. The van der Waals surface area contributed by atoms with Crippen LogP contribution in [0, 0.1) is 5.92 Å². The standard InChI is InChI=1S/C21H26N4O2.HI/c1-22-21(23-12-16-7-8-19-20(11-16)27-15-26-19)24-13-17-9-10-25(14-17)18-5-3-2-4-6-18;/h2-8,11,17H,9-10,12-15H2,1H3,(H2,22,23,24);1H. The van der Waals surface area contributed by atoms with E-state index in [0.717, 1.165) is 42.7 Å². The zero-order chi connectivity index (χ0) is 18.5. The molecule has 0 amide bonds. The lowest BCUT2D eigenvalue weighted by Crippen LogP contribution is -2.39. The Bertz CT molecular complexity index is 800. The number of guanidine groups is 1. The van der Waals surface area contributed by atoms with Gasteiger partial charge in [-0.05, 0) is 42.2 Å². The molecule has 2 aliphatic heterocycles. The molecule has 2 heterocycles. The zero-order valence-electron chi connectivity index (χ0n) is 16.1. The van der Waals surface area contributed by atoms with Gasteiger partial charge < -0.3 is 25.0 Å². The predicted octanol–water partition coefficient (Wildman–Crippen LogP) is 3.22. The fourth-order valence-electron chi connectivity index (χ4n) is 3.57. The SMILES string of the molecule is CN=C(NCc1ccc2c(c1)OCO2)NCC1CCN(c2ccccc2)C1.I. The van der Waals surface area contributed by atoms with Crippen molar-refractivity contribution in [2.45, 2.75) is 13.0 Å². The third-order valence-corrected chi connectivity index (χ3v) is 5.09. The Balaban J connectivity index is 0.00000225. The van der Waals surface area contributed by atoms with Crippen LogP contribution in [0.15, 0.2) is 53.5 Å². The van der Waals surface area contributed by atoms with Crippen molar-refractivity contribution in [3.8, 4) is 11.5 Å². The summed E-state index contributed by atoms with van der Waals surface area (Å²) < 4.78 is 10.8. The van der Waals surface area contributed by atoms with Gasteiger partial charge in [-0.3, -0.25) is 4.99 Å². The summed E-state index contributed by atoms with van der Waals surface area (Å²) in [4.78, 5) is 6.79. The van der Waals surface area contributed by atoms with Crippen LogP contribution < -0.4 is 25.0 Å². The van der Waals surface area contributed by atoms with Crippen LogP contribution >= 0.6 is 24.0 Å².